The SMILES string of the molecule is O=C(O)c1cc(C(=O)O)cc(-c2ccc(/C=C3\SC(=O)N(Cc4ccccc4F)C3=O)o2)c1. The van der Waals surface area contributed by atoms with Gasteiger partial charge in [-0.2, -0.15) is 0 Å². The molecule has 0 atom stereocenters. The summed E-state index contributed by atoms with van der Waals surface area (Å²) in [7, 11) is 0. The number of amides is 2. The Hall–Kier alpha value is -4.18. The quantitative estimate of drug-likeness (QED) is 0.499. The van der Waals surface area contributed by atoms with Crippen molar-refractivity contribution in [3.63, 3.8) is 0 Å². The summed E-state index contributed by atoms with van der Waals surface area (Å²) in [6.07, 6.45) is 1.34. The fourth-order valence-electron chi connectivity index (χ4n) is 3.16. The Morgan fingerprint density at radius 3 is 2.30 bits per heavy atom. The molecule has 4 rings (SSSR count). The van der Waals surface area contributed by atoms with E-state index < -0.39 is 28.9 Å². The minimum atomic E-state index is -1.30. The predicted octanol–water partition coefficient (Wildman–Crippen LogP) is 4.72. The molecule has 1 fully saturated rings. The van der Waals surface area contributed by atoms with E-state index >= 15 is 0 Å². The van der Waals surface area contributed by atoms with Crippen LogP contribution in [-0.4, -0.2) is 38.2 Å². The number of carboxylic acid groups (broad SMARTS) is 2. The number of hydrogen-bond donors (Lipinski definition) is 2. The van der Waals surface area contributed by atoms with Gasteiger partial charge in [0.15, 0.2) is 0 Å². The molecule has 0 saturated carbocycles. The molecular weight excluding hydrogens is 453 g/mol. The van der Waals surface area contributed by atoms with Gasteiger partial charge in [0.25, 0.3) is 11.1 Å². The van der Waals surface area contributed by atoms with Crippen molar-refractivity contribution < 1.29 is 38.2 Å². The lowest BCUT2D eigenvalue weighted by Crippen LogP contribution is -2.27. The van der Waals surface area contributed by atoms with Crippen molar-refractivity contribution in [2.45, 2.75) is 6.54 Å². The second kappa shape index (κ2) is 8.75. The zero-order valence-electron chi connectivity index (χ0n) is 16.6. The van der Waals surface area contributed by atoms with Crippen molar-refractivity contribution in [3.8, 4) is 11.3 Å². The summed E-state index contributed by atoms with van der Waals surface area (Å²) in [6.45, 7) is -0.210. The zero-order chi connectivity index (χ0) is 23.7. The lowest BCUT2D eigenvalue weighted by molar-refractivity contribution is -0.123. The third kappa shape index (κ3) is 4.55. The highest BCUT2D eigenvalue weighted by molar-refractivity contribution is 8.18. The van der Waals surface area contributed by atoms with Gasteiger partial charge in [-0.3, -0.25) is 14.5 Å². The summed E-state index contributed by atoms with van der Waals surface area (Å²) in [5.41, 5.74) is -0.0253. The molecule has 8 nitrogen and oxygen atoms in total. The first-order chi connectivity index (χ1) is 15.7. The van der Waals surface area contributed by atoms with E-state index in [9.17, 15) is 33.8 Å². The summed E-state index contributed by atoms with van der Waals surface area (Å²) in [5, 5.41) is 17.9. The largest absolute Gasteiger partial charge is 0.478 e. The highest BCUT2D eigenvalue weighted by Crippen LogP contribution is 2.34. The van der Waals surface area contributed by atoms with Crippen LogP contribution < -0.4 is 0 Å². The molecule has 166 valence electrons. The van der Waals surface area contributed by atoms with E-state index in [0.717, 1.165) is 11.0 Å². The van der Waals surface area contributed by atoms with E-state index in [1.165, 1.54) is 48.5 Å². The van der Waals surface area contributed by atoms with E-state index in [2.05, 4.69) is 0 Å². The van der Waals surface area contributed by atoms with Crippen molar-refractivity contribution in [3.05, 3.63) is 87.8 Å². The molecule has 2 heterocycles. The minimum Gasteiger partial charge on any atom is -0.478 e. The van der Waals surface area contributed by atoms with Crippen LogP contribution >= 0.6 is 11.8 Å². The van der Waals surface area contributed by atoms with Crippen LogP contribution in [0.25, 0.3) is 17.4 Å². The second-order valence-electron chi connectivity index (χ2n) is 6.97. The van der Waals surface area contributed by atoms with Gasteiger partial charge in [0.1, 0.15) is 17.3 Å². The van der Waals surface area contributed by atoms with Gasteiger partial charge >= 0.3 is 11.9 Å². The second-order valence-corrected chi connectivity index (χ2v) is 7.96. The van der Waals surface area contributed by atoms with Crippen LogP contribution in [0.5, 0.6) is 0 Å². The highest BCUT2D eigenvalue weighted by Gasteiger charge is 2.35. The Labute approximate surface area is 189 Å². The monoisotopic (exact) mass is 467 g/mol. The number of carbonyl (C=O) groups is 4. The number of carboxylic acids is 2. The minimum absolute atomic E-state index is 0.0720. The molecule has 1 aliphatic heterocycles. The maximum Gasteiger partial charge on any atom is 0.335 e. The molecule has 1 aromatic heterocycles. The van der Waals surface area contributed by atoms with Crippen molar-refractivity contribution in [2.75, 3.05) is 0 Å². The number of rotatable bonds is 6. The van der Waals surface area contributed by atoms with E-state index in [-0.39, 0.29) is 45.2 Å². The van der Waals surface area contributed by atoms with Crippen LogP contribution in [0.15, 0.2) is 63.9 Å². The summed E-state index contributed by atoms with van der Waals surface area (Å²) < 4.78 is 19.5. The number of nitrogens with zero attached hydrogens (tertiary/aromatic N) is 1. The molecule has 2 N–H and O–H groups in total. The number of furan rings is 1. The molecule has 0 bridgehead atoms. The third-order valence-electron chi connectivity index (χ3n) is 4.77. The molecule has 0 unspecified atom stereocenters. The number of imide groups is 1. The van der Waals surface area contributed by atoms with Crippen molar-refractivity contribution in [2.24, 2.45) is 0 Å². The van der Waals surface area contributed by atoms with Crippen molar-refractivity contribution in [1.82, 2.24) is 4.90 Å². The van der Waals surface area contributed by atoms with Gasteiger partial charge in [-0.05, 0) is 48.2 Å². The lowest BCUT2D eigenvalue weighted by Gasteiger charge is -2.12. The number of thioether (sulfide) groups is 1. The van der Waals surface area contributed by atoms with E-state index in [1.54, 1.807) is 6.07 Å². The van der Waals surface area contributed by atoms with Gasteiger partial charge in [0.05, 0.1) is 22.6 Å². The molecule has 33 heavy (non-hydrogen) atoms. The molecule has 0 radical (unpaired) electrons. The Balaban J connectivity index is 1.60. The molecular formula is C23H14FNO7S. The Morgan fingerprint density at radius 2 is 1.67 bits per heavy atom. The Kier molecular flexibility index (Phi) is 5.84. The molecule has 2 amide bonds. The molecule has 10 heteroatoms. The normalized spacial score (nSPS) is 14.8. The Bertz CT molecular complexity index is 1310. The van der Waals surface area contributed by atoms with Crippen molar-refractivity contribution >= 4 is 40.9 Å². The first-order valence-corrected chi connectivity index (χ1v) is 10.3. The van der Waals surface area contributed by atoms with Gasteiger partial charge in [0.2, 0.25) is 0 Å². The number of halogens is 1. The first kappa shape index (κ1) is 22.0. The zero-order valence-corrected chi connectivity index (χ0v) is 17.5. The first-order valence-electron chi connectivity index (χ1n) is 9.43. The Morgan fingerprint density at radius 1 is 1.00 bits per heavy atom. The summed E-state index contributed by atoms with van der Waals surface area (Å²) >= 11 is 0.680. The summed E-state index contributed by atoms with van der Waals surface area (Å²) in [5.74, 6) is -3.35. The number of hydrogen-bond acceptors (Lipinski definition) is 6. The number of benzene rings is 2. The van der Waals surface area contributed by atoms with Gasteiger partial charge in [0, 0.05) is 17.2 Å². The fraction of sp³-hybridized carbons (Fsp3) is 0.0435. The average Bonchev–Trinajstić information content (AvgIpc) is 3.35. The molecule has 1 saturated heterocycles. The van der Waals surface area contributed by atoms with Crippen LogP contribution in [-0.2, 0) is 11.3 Å². The molecule has 1 aliphatic rings. The summed E-state index contributed by atoms with van der Waals surface area (Å²) in [4.78, 5) is 48.6. The van der Waals surface area contributed by atoms with Crippen molar-refractivity contribution in [1.29, 1.82) is 0 Å². The van der Waals surface area contributed by atoms with E-state index in [0.29, 0.717) is 11.8 Å². The molecule has 0 spiro atoms. The van der Waals surface area contributed by atoms with E-state index in [1.807, 2.05) is 0 Å². The van der Waals surface area contributed by atoms with Crippen LogP contribution in [0.1, 0.15) is 32.0 Å². The average molecular weight is 467 g/mol. The van der Waals surface area contributed by atoms with E-state index in [4.69, 9.17) is 4.42 Å². The molecule has 3 aromatic rings. The maximum absolute atomic E-state index is 13.9. The number of aromatic carboxylic acids is 2. The van der Waals surface area contributed by atoms with Gasteiger partial charge in [-0.15, -0.1) is 0 Å². The third-order valence-corrected chi connectivity index (χ3v) is 5.68. The fourth-order valence-corrected chi connectivity index (χ4v) is 3.98. The standard InChI is InChI=1S/C23H14FNO7S/c24-17-4-2-1-3-12(17)11-25-20(26)19(33-23(25)31)10-16-5-6-18(32-16)13-7-14(21(27)28)9-15(8-13)22(29)30/h1-10H,11H2,(H,27,28)(H,29,30)/b19-10-. The smallest absolute Gasteiger partial charge is 0.335 e. The highest BCUT2D eigenvalue weighted by atomic mass is 32.2. The number of carbonyl (C=O) groups excluding carboxylic acids is 2. The van der Waals surface area contributed by atoms with Crippen LogP contribution in [0.3, 0.4) is 0 Å². The van der Waals surface area contributed by atoms with Gasteiger partial charge in [-0.1, -0.05) is 18.2 Å². The van der Waals surface area contributed by atoms with Gasteiger partial charge < -0.3 is 14.6 Å². The topological polar surface area (TPSA) is 125 Å². The maximum atomic E-state index is 13.9. The van der Waals surface area contributed by atoms with Gasteiger partial charge in [-0.25, -0.2) is 14.0 Å². The molecule has 0 aliphatic carbocycles. The molecule has 2 aromatic carbocycles. The summed E-state index contributed by atoms with van der Waals surface area (Å²) in [6, 6.07) is 12.4. The van der Waals surface area contributed by atoms with Crippen LogP contribution in [0.2, 0.25) is 0 Å². The lowest BCUT2D eigenvalue weighted by atomic mass is 10.0. The predicted molar refractivity (Wildman–Crippen MR) is 116 cm³/mol. The van der Waals surface area contributed by atoms with Crippen LogP contribution in [0.4, 0.5) is 9.18 Å². The van der Waals surface area contributed by atoms with Crippen LogP contribution in [0, 0.1) is 5.82 Å².